The van der Waals surface area contributed by atoms with E-state index in [1.165, 1.54) is 22.2 Å². The Morgan fingerprint density at radius 2 is 2.15 bits per heavy atom. The van der Waals surface area contributed by atoms with Crippen molar-refractivity contribution in [3.05, 3.63) is 29.4 Å². The Morgan fingerprint density at radius 3 is 2.85 bits per heavy atom. The number of hydrogen-bond donors (Lipinski definition) is 2. The summed E-state index contributed by atoms with van der Waals surface area (Å²) in [4.78, 5) is 12.5. The molecule has 0 atom stereocenters. The van der Waals surface area contributed by atoms with Gasteiger partial charge in [0, 0.05) is 17.6 Å². The van der Waals surface area contributed by atoms with Gasteiger partial charge >= 0.3 is 0 Å². The van der Waals surface area contributed by atoms with E-state index in [9.17, 15) is 0 Å². The van der Waals surface area contributed by atoms with Crippen molar-refractivity contribution in [2.45, 2.75) is 39.5 Å². The lowest BCUT2D eigenvalue weighted by Gasteiger charge is -2.14. The minimum Gasteiger partial charge on any atom is -0.343 e. The third kappa shape index (κ3) is 2.24. The second kappa shape index (κ2) is 5.75. The van der Waals surface area contributed by atoms with E-state index in [0.29, 0.717) is 0 Å². The van der Waals surface area contributed by atoms with E-state index in [-0.39, 0.29) is 0 Å². The summed E-state index contributed by atoms with van der Waals surface area (Å²) in [5.74, 6) is 0. The summed E-state index contributed by atoms with van der Waals surface area (Å²) in [5.41, 5.74) is 6.22. The van der Waals surface area contributed by atoms with Crippen molar-refractivity contribution in [2.75, 3.05) is 13.1 Å². The fourth-order valence-corrected chi connectivity index (χ4v) is 3.04. The van der Waals surface area contributed by atoms with Gasteiger partial charge in [-0.15, -0.1) is 0 Å². The third-order valence-electron chi connectivity index (χ3n) is 4.00. The minimum absolute atomic E-state index is 0.939. The van der Waals surface area contributed by atoms with Crippen LogP contribution in [-0.2, 0) is 12.8 Å². The van der Waals surface area contributed by atoms with Crippen molar-refractivity contribution in [1.29, 1.82) is 0 Å². The molecule has 20 heavy (non-hydrogen) atoms. The molecule has 1 aliphatic rings. The number of H-pyrrole nitrogens is 1. The van der Waals surface area contributed by atoms with Gasteiger partial charge in [-0.25, -0.2) is 9.97 Å². The zero-order valence-corrected chi connectivity index (χ0v) is 12.3. The van der Waals surface area contributed by atoms with Crippen LogP contribution < -0.4 is 5.32 Å². The Labute approximate surface area is 119 Å². The van der Waals surface area contributed by atoms with Crippen molar-refractivity contribution in [2.24, 2.45) is 0 Å². The van der Waals surface area contributed by atoms with Crippen LogP contribution in [0.2, 0.25) is 0 Å². The molecular formula is C16H22N4. The highest BCUT2D eigenvalue weighted by molar-refractivity contribution is 5.92. The zero-order chi connectivity index (χ0) is 13.9. The first-order valence-electron chi connectivity index (χ1n) is 7.59. The molecule has 4 heteroatoms. The van der Waals surface area contributed by atoms with Gasteiger partial charge in [0.15, 0.2) is 0 Å². The molecule has 2 N–H and O–H groups in total. The van der Waals surface area contributed by atoms with Crippen LogP contribution in [0.1, 0.15) is 43.6 Å². The lowest BCUT2D eigenvalue weighted by atomic mass is 9.98. The Hall–Kier alpha value is -1.68. The van der Waals surface area contributed by atoms with Gasteiger partial charge in [0.2, 0.25) is 0 Å². The molecule has 0 unspecified atom stereocenters. The van der Waals surface area contributed by atoms with Crippen molar-refractivity contribution in [1.82, 2.24) is 20.3 Å². The Bertz CT molecular complexity index is 639. The Kier molecular flexibility index (Phi) is 3.83. The van der Waals surface area contributed by atoms with E-state index in [4.69, 9.17) is 0 Å². The second-order valence-electron chi connectivity index (χ2n) is 5.32. The molecule has 1 aliphatic heterocycles. The largest absolute Gasteiger partial charge is 0.343 e. The number of fused-ring (bicyclic) bond motifs is 1. The summed E-state index contributed by atoms with van der Waals surface area (Å²) in [5, 5.41) is 4.61. The topological polar surface area (TPSA) is 53.6 Å². The molecule has 0 radical (unpaired) electrons. The van der Waals surface area contributed by atoms with E-state index in [1.807, 2.05) is 0 Å². The highest BCUT2D eigenvalue weighted by Gasteiger charge is 2.18. The van der Waals surface area contributed by atoms with Gasteiger partial charge in [-0.1, -0.05) is 26.3 Å². The molecule has 2 aromatic rings. The molecule has 0 bridgehead atoms. The van der Waals surface area contributed by atoms with Crippen molar-refractivity contribution in [3.8, 4) is 0 Å². The summed E-state index contributed by atoms with van der Waals surface area (Å²) in [6.45, 7) is 6.40. The van der Waals surface area contributed by atoms with Crippen molar-refractivity contribution in [3.63, 3.8) is 0 Å². The van der Waals surface area contributed by atoms with Crippen LogP contribution in [0, 0.1) is 0 Å². The number of aromatic amines is 1. The van der Waals surface area contributed by atoms with E-state index >= 15 is 0 Å². The molecule has 0 saturated heterocycles. The molecule has 106 valence electrons. The van der Waals surface area contributed by atoms with Crippen LogP contribution in [0.25, 0.3) is 16.6 Å². The maximum Gasteiger partial charge on any atom is 0.141 e. The molecule has 0 aromatic carbocycles. The third-order valence-corrected chi connectivity index (χ3v) is 4.00. The van der Waals surface area contributed by atoms with E-state index in [0.717, 1.165) is 50.1 Å². The smallest absolute Gasteiger partial charge is 0.141 e. The van der Waals surface area contributed by atoms with Gasteiger partial charge in [-0.2, -0.15) is 0 Å². The quantitative estimate of drug-likeness (QED) is 0.898. The fourth-order valence-electron chi connectivity index (χ4n) is 3.04. The molecule has 0 aliphatic carbocycles. The lowest BCUT2D eigenvalue weighted by molar-refractivity contribution is 0.737. The molecule has 0 fully saturated rings. The van der Waals surface area contributed by atoms with Gasteiger partial charge < -0.3 is 10.3 Å². The summed E-state index contributed by atoms with van der Waals surface area (Å²) in [6.07, 6.45) is 8.26. The molecule has 3 rings (SSSR count). The van der Waals surface area contributed by atoms with Gasteiger partial charge in [-0.3, -0.25) is 0 Å². The maximum absolute atomic E-state index is 4.59. The first-order valence-corrected chi connectivity index (χ1v) is 7.59. The normalized spacial score (nSPS) is 15.6. The average Bonchev–Trinajstić information content (AvgIpc) is 2.86. The number of rotatable bonds is 4. The van der Waals surface area contributed by atoms with E-state index < -0.39 is 0 Å². The average molecular weight is 270 g/mol. The lowest BCUT2D eigenvalue weighted by Crippen LogP contribution is -2.20. The number of nitrogens with zero attached hydrogens (tertiary/aromatic N) is 2. The second-order valence-corrected chi connectivity index (χ2v) is 5.32. The molecule has 2 aromatic heterocycles. The van der Waals surface area contributed by atoms with Crippen molar-refractivity contribution >= 4 is 16.6 Å². The Balaban J connectivity index is 2.21. The van der Waals surface area contributed by atoms with Crippen LogP contribution in [-0.4, -0.2) is 28.0 Å². The standard InChI is InChI=1S/C16H22N4/c1-3-5-12-13(4-2)20-16-14(12)15(18-10-19-16)11-6-8-17-9-7-11/h6,10,17H,3-5,7-9H2,1-2H3,(H,18,19,20). The Morgan fingerprint density at radius 1 is 1.25 bits per heavy atom. The number of nitrogens with one attached hydrogen (secondary N) is 2. The van der Waals surface area contributed by atoms with Crippen LogP contribution in [0.4, 0.5) is 0 Å². The summed E-state index contributed by atoms with van der Waals surface area (Å²) in [6, 6.07) is 0. The molecule has 3 heterocycles. The number of aryl methyl sites for hydroxylation is 2. The highest BCUT2D eigenvalue weighted by atomic mass is 14.9. The summed E-state index contributed by atoms with van der Waals surface area (Å²) >= 11 is 0. The predicted molar refractivity (Wildman–Crippen MR) is 82.7 cm³/mol. The van der Waals surface area contributed by atoms with Gasteiger partial charge in [0.25, 0.3) is 0 Å². The molecular weight excluding hydrogens is 248 g/mol. The van der Waals surface area contributed by atoms with Crippen LogP contribution in [0.3, 0.4) is 0 Å². The van der Waals surface area contributed by atoms with Gasteiger partial charge in [0.05, 0.1) is 5.69 Å². The van der Waals surface area contributed by atoms with E-state index in [1.54, 1.807) is 6.33 Å². The molecule has 4 nitrogen and oxygen atoms in total. The number of hydrogen-bond acceptors (Lipinski definition) is 3. The fraction of sp³-hybridized carbons (Fsp3) is 0.500. The molecule has 0 saturated carbocycles. The zero-order valence-electron chi connectivity index (χ0n) is 12.3. The summed E-state index contributed by atoms with van der Waals surface area (Å²) < 4.78 is 0. The first-order chi connectivity index (χ1) is 9.85. The van der Waals surface area contributed by atoms with E-state index in [2.05, 4.69) is 40.2 Å². The van der Waals surface area contributed by atoms with Crippen LogP contribution >= 0.6 is 0 Å². The molecule has 0 spiro atoms. The SMILES string of the molecule is CCCc1c(CC)[nH]c2ncnc(C3=CCNCC3)c12. The van der Waals surface area contributed by atoms with Crippen LogP contribution in [0.15, 0.2) is 12.4 Å². The predicted octanol–water partition coefficient (Wildman–Crippen LogP) is 2.85. The van der Waals surface area contributed by atoms with Gasteiger partial charge in [0.1, 0.15) is 12.0 Å². The van der Waals surface area contributed by atoms with Crippen LogP contribution in [0.5, 0.6) is 0 Å². The monoisotopic (exact) mass is 270 g/mol. The first kappa shape index (κ1) is 13.3. The maximum atomic E-state index is 4.59. The highest BCUT2D eigenvalue weighted by Crippen LogP contribution is 2.30. The molecule has 0 amide bonds. The number of aromatic nitrogens is 3. The summed E-state index contributed by atoms with van der Waals surface area (Å²) in [7, 11) is 0. The van der Waals surface area contributed by atoms with Crippen molar-refractivity contribution < 1.29 is 0 Å². The van der Waals surface area contributed by atoms with Gasteiger partial charge in [-0.05, 0) is 36.9 Å². The minimum atomic E-state index is 0.939.